The number of likely N-dealkylation sites (tertiary alicyclic amines) is 1. The second-order valence-electron chi connectivity index (χ2n) is 7.57. The summed E-state index contributed by atoms with van der Waals surface area (Å²) in [6.45, 7) is 5.67. The molecule has 1 unspecified atom stereocenters. The second kappa shape index (κ2) is 11.2. The zero-order valence-electron chi connectivity index (χ0n) is 17.7. The average molecular weight is 409 g/mol. The van der Waals surface area contributed by atoms with Crippen LogP contribution in [0.4, 0.5) is 0 Å². The van der Waals surface area contributed by atoms with Crippen molar-refractivity contribution in [2.45, 2.75) is 26.2 Å². The molecule has 0 bridgehead atoms. The van der Waals surface area contributed by atoms with Crippen LogP contribution in [0.3, 0.4) is 0 Å². The Hall–Kier alpha value is -3.02. The molecule has 1 aliphatic heterocycles. The second-order valence-corrected chi connectivity index (χ2v) is 7.57. The Morgan fingerprint density at radius 2 is 1.97 bits per heavy atom. The summed E-state index contributed by atoms with van der Waals surface area (Å²) in [7, 11) is 0. The third-order valence-electron chi connectivity index (χ3n) is 5.23. The molecule has 1 heterocycles. The van der Waals surface area contributed by atoms with Gasteiger partial charge < -0.3 is 20.7 Å². The molecule has 1 fully saturated rings. The largest absolute Gasteiger partial charge is 0.491 e. The van der Waals surface area contributed by atoms with Crippen LogP contribution in [0, 0.1) is 5.92 Å². The first kappa shape index (κ1) is 21.7. The first-order valence-corrected chi connectivity index (χ1v) is 10.8. The van der Waals surface area contributed by atoms with Crippen molar-refractivity contribution in [2.24, 2.45) is 16.6 Å². The molecular formula is C24H32N4O2. The van der Waals surface area contributed by atoms with Crippen molar-refractivity contribution in [3.63, 3.8) is 0 Å². The van der Waals surface area contributed by atoms with E-state index in [4.69, 9.17) is 15.5 Å². The van der Waals surface area contributed by atoms with Gasteiger partial charge in [0.05, 0.1) is 6.54 Å². The summed E-state index contributed by atoms with van der Waals surface area (Å²) >= 11 is 0. The third-order valence-corrected chi connectivity index (χ3v) is 5.23. The van der Waals surface area contributed by atoms with Crippen LogP contribution in [-0.4, -0.2) is 49.6 Å². The Morgan fingerprint density at radius 1 is 1.20 bits per heavy atom. The number of aliphatic imine (C=N–C) groups is 1. The number of nitrogens with zero attached hydrogens (tertiary/aromatic N) is 2. The van der Waals surface area contributed by atoms with Crippen molar-refractivity contribution in [1.29, 1.82) is 0 Å². The molecule has 1 amide bonds. The highest BCUT2D eigenvalue weighted by Gasteiger charge is 2.23. The number of para-hydroxylation sites is 1. The summed E-state index contributed by atoms with van der Waals surface area (Å²) in [5.74, 6) is 1.82. The van der Waals surface area contributed by atoms with E-state index in [1.165, 1.54) is 0 Å². The molecule has 0 aromatic heterocycles. The zero-order chi connectivity index (χ0) is 21.2. The van der Waals surface area contributed by atoms with Crippen molar-refractivity contribution < 1.29 is 9.53 Å². The normalized spacial score (nSPS) is 16.9. The summed E-state index contributed by atoms with van der Waals surface area (Å²) in [5.41, 5.74) is 7.61. The van der Waals surface area contributed by atoms with Crippen LogP contribution in [0.2, 0.25) is 0 Å². The fourth-order valence-corrected chi connectivity index (χ4v) is 3.89. The molecule has 3 rings (SSSR count). The molecule has 0 saturated carbocycles. The average Bonchev–Trinajstić information content (AvgIpc) is 2.76. The van der Waals surface area contributed by atoms with E-state index in [1.54, 1.807) is 0 Å². The Labute approximate surface area is 179 Å². The fraction of sp³-hybridized carbons (Fsp3) is 0.417. The van der Waals surface area contributed by atoms with E-state index in [0.717, 1.165) is 55.3 Å². The first-order chi connectivity index (χ1) is 14.7. The van der Waals surface area contributed by atoms with Gasteiger partial charge in [0.25, 0.3) is 0 Å². The Balaban J connectivity index is 1.60. The number of guanidine groups is 1. The van der Waals surface area contributed by atoms with Crippen LogP contribution in [0.25, 0.3) is 11.1 Å². The third kappa shape index (κ3) is 6.24. The van der Waals surface area contributed by atoms with Gasteiger partial charge >= 0.3 is 0 Å². The maximum atomic E-state index is 11.3. The van der Waals surface area contributed by atoms with Gasteiger partial charge in [0.1, 0.15) is 12.4 Å². The molecule has 0 radical (unpaired) electrons. The van der Waals surface area contributed by atoms with Gasteiger partial charge in [0.2, 0.25) is 5.91 Å². The quantitative estimate of drug-likeness (QED) is 0.399. The number of carbonyl (C=O) groups excluding carboxylic acids is 1. The van der Waals surface area contributed by atoms with E-state index in [-0.39, 0.29) is 5.91 Å². The number of rotatable bonds is 8. The van der Waals surface area contributed by atoms with Crippen molar-refractivity contribution in [2.75, 3.05) is 32.8 Å². The minimum absolute atomic E-state index is 0.228. The minimum atomic E-state index is -0.228. The molecule has 1 aliphatic rings. The number of amides is 1. The highest BCUT2D eigenvalue weighted by molar-refractivity contribution is 5.80. The van der Waals surface area contributed by atoms with Crippen LogP contribution < -0.4 is 15.8 Å². The van der Waals surface area contributed by atoms with Gasteiger partial charge in [-0.2, -0.15) is 0 Å². The molecule has 2 aromatic rings. The van der Waals surface area contributed by atoms with Crippen molar-refractivity contribution in [3.05, 3.63) is 54.6 Å². The Bertz CT molecular complexity index is 838. The summed E-state index contributed by atoms with van der Waals surface area (Å²) < 4.78 is 6.07. The van der Waals surface area contributed by atoms with Crippen molar-refractivity contribution in [3.8, 4) is 16.9 Å². The predicted octanol–water partition coefficient (Wildman–Crippen LogP) is 3.29. The number of primary amides is 1. The van der Waals surface area contributed by atoms with Crippen LogP contribution in [0.15, 0.2) is 59.6 Å². The standard InChI is InChI=1S/C24H32N4O2/c1-2-26-24(28-15-8-9-19(18-28)17-23(25)29)27-14-16-30-22-13-7-6-12-21(22)20-10-4-3-5-11-20/h3-7,10-13,19H,2,8-9,14-18H2,1H3,(H2,25,29)(H,26,27). The number of ether oxygens (including phenoxy) is 1. The molecule has 0 aliphatic carbocycles. The van der Waals surface area contributed by atoms with Crippen LogP contribution in [0.5, 0.6) is 5.75 Å². The monoisotopic (exact) mass is 408 g/mol. The predicted molar refractivity (Wildman–Crippen MR) is 121 cm³/mol. The van der Waals surface area contributed by atoms with Crippen LogP contribution >= 0.6 is 0 Å². The number of piperidine rings is 1. The number of carbonyl (C=O) groups is 1. The molecule has 1 saturated heterocycles. The SMILES string of the molecule is CCNC(=NCCOc1ccccc1-c1ccccc1)N1CCCC(CC(N)=O)C1. The molecule has 3 N–H and O–H groups in total. The Morgan fingerprint density at radius 3 is 2.73 bits per heavy atom. The van der Waals surface area contributed by atoms with E-state index in [1.807, 2.05) is 36.4 Å². The van der Waals surface area contributed by atoms with Gasteiger partial charge in [-0.15, -0.1) is 0 Å². The minimum Gasteiger partial charge on any atom is -0.491 e. The number of hydrogen-bond donors (Lipinski definition) is 2. The summed E-state index contributed by atoms with van der Waals surface area (Å²) in [6.07, 6.45) is 2.52. The van der Waals surface area contributed by atoms with Gasteiger partial charge in [-0.1, -0.05) is 48.5 Å². The number of nitrogens with two attached hydrogens (primary N) is 1. The lowest BCUT2D eigenvalue weighted by atomic mass is 9.95. The molecule has 0 spiro atoms. The van der Waals surface area contributed by atoms with E-state index in [2.05, 4.69) is 35.3 Å². The highest BCUT2D eigenvalue weighted by atomic mass is 16.5. The number of nitrogens with one attached hydrogen (secondary N) is 1. The molecular weight excluding hydrogens is 376 g/mol. The van der Waals surface area contributed by atoms with E-state index in [0.29, 0.717) is 25.5 Å². The van der Waals surface area contributed by atoms with E-state index < -0.39 is 0 Å². The molecule has 2 aromatic carbocycles. The zero-order valence-corrected chi connectivity index (χ0v) is 17.7. The van der Waals surface area contributed by atoms with Gasteiger partial charge in [0.15, 0.2) is 5.96 Å². The van der Waals surface area contributed by atoms with Gasteiger partial charge in [-0.25, -0.2) is 4.99 Å². The molecule has 30 heavy (non-hydrogen) atoms. The summed E-state index contributed by atoms with van der Waals surface area (Å²) in [5, 5.41) is 3.37. The van der Waals surface area contributed by atoms with Gasteiger partial charge in [-0.05, 0) is 37.3 Å². The maximum Gasteiger partial charge on any atom is 0.217 e. The smallest absolute Gasteiger partial charge is 0.217 e. The van der Waals surface area contributed by atoms with E-state index in [9.17, 15) is 4.79 Å². The van der Waals surface area contributed by atoms with Crippen molar-refractivity contribution >= 4 is 11.9 Å². The molecule has 1 atom stereocenters. The lowest BCUT2D eigenvalue weighted by molar-refractivity contribution is -0.119. The van der Waals surface area contributed by atoms with Crippen LogP contribution in [0.1, 0.15) is 26.2 Å². The Kier molecular flexibility index (Phi) is 8.12. The maximum absolute atomic E-state index is 11.3. The lowest BCUT2D eigenvalue weighted by Crippen LogP contribution is -2.47. The highest BCUT2D eigenvalue weighted by Crippen LogP contribution is 2.29. The molecule has 160 valence electrons. The van der Waals surface area contributed by atoms with E-state index >= 15 is 0 Å². The summed E-state index contributed by atoms with van der Waals surface area (Å²) in [4.78, 5) is 18.3. The first-order valence-electron chi connectivity index (χ1n) is 10.8. The van der Waals surface area contributed by atoms with Crippen molar-refractivity contribution in [1.82, 2.24) is 10.2 Å². The summed E-state index contributed by atoms with van der Waals surface area (Å²) in [6, 6.07) is 18.3. The fourth-order valence-electron chi connectivity index (χ4n) is 3.89. The number of hydrogen-bond acceptors (Lipinski definition) is 3. The van der Waals surface area contributed by atoms with Gasteiger partial charge in [0, 0.05) is 31.6 Å². The molecule has 6 nitrogen and oxygen atoms in total. The lowest BCUT2D eigenvalue weighted by Gasteiger charge is -2.34. The number of benzene rings is 2. The van der Waals surface area contributed by atoms with Gasteiger partial charge in [-0.3, -0.25) is 4.79 Å². The molecule has 6 heteroatoms. The van der Waals surface area contributed by atoms with Crippen LogP contribution in [-0.2, 0) is 4.79 Å². The topological polar surface area (TPSA) is 80.0 Å².